The summed E-state index contributed by atoms with van der Waals surface area (Å²) in [7, 11) is 0. The van der Waals surface area contributed by atoms with Gasteiger partial charge in [0, 0.05) is 79.4 Å². The predicted molar refractivity (Wildman–Crippen MR) is 310 cm³/mol. The Morgan fingerprint density at radius 3 is 1.84 bits per heavy atom. The lowest BCUT2D eigenvalue weighted by Crippen LogP contribution is -2.36. The molecule has 0 amide bonds. The topological polar surface area (TPSA) is 153 Å². The van der Waals surface area contributed by atoms with Crippen LogP contribution in [0.5, 0.6) is 0 Å². The number of ether oxygens (including phenoxy) is 1. The number of hydrogen-bond donors (Lipinski definition) is 0. The first kappa shape index (κ1) is 51.6. The fourth-order valence-electron chi connectivity index (χ4n) is 10.6. The maximum absolute atomic E-state index is 13.0. The lowest BCUT2D eigenvalue weighted by molar-refractivity contribution is 0.177. The third-order valence-electron chi connectivity index (χ3n) is 15.1. The number of thiazole rings is 2. The number of nitrogens with zero attached hydrogens (tertiary/aromatic N) is 9. The summed E-state index contributed by atoms with van der Waals surface area (Å²) >= 11 is 3.26. The number of rotatable bonds is 4. The Bertz CT molecular complexity index is 4000. The molecule has 4 aliphatic heterocycles. The maximum Gasteiger partial charge on any atom is 0.261 e. The Morgan fingerprint density at radius 2 is 1.21 bits per heavy atom. The Labute approximate surface area is 455 Å². The summed E-state index contributed by atoms with van der Waals surface area (Å²) in [5.41, 5.74) is 8.39. The summed E-state index contributed by atoms with van der Waals surface area (Å²) in [6.07, 6.45) is 16.5. The highest BCUT2D eigenvalue weighted by molar-refractivity contribution is 7.10. The van der Waals surface area contributed by atoms with Crippen LogP contribution in [0.3, 0.4) is 0 Å². The standard InChI is InChI=1S/C22H19N3O2.2C20H21N3OS/c26-22-19-7-5-15(4-6-18-3-1-2-9-23-18)11-20(19)24-21-12-17-14-27-13-16(17)8-10-25(21)22;1-13-11-25-18(21-13)7-5-14-4-6-15-16(10-14)22-17-8-9-20(2,3)12-23(17)19(15)24;1-13-3-7-18-22-17-11-15(5-8-19-21-14(2)12-25-19)4-6-16(17)20(24)23(18)10-9-13/h1-3,5,7,9,11,16-17H,8,10,12-14H2;4-7,10-11H,8-9,12H2,1-3H3;4-6,8,11-13H,3,7,9-10H2,1-2H3/b;7-5+;8-5+/t16-,17+;;/m0../s1. The highest BCUT2D eigenvalue weighted by Gasteiger charge is 2.33. The van der Waals surface area contributed by atoms with Crippen LogP contribution in [0.4, 0.5) is 0 Å². The third-order valence-corrected chi connectivity index (χ3v) is 16.9. The first-order valence-corrected chi connectivity index (χ1v) is 28.4. The molecule has 1 saturated heterocycles. The van der Waals surface area contributed by atoms with Crippen LogP contribution in [0.2, 0.25) is 0 Å². The average molecular weight is 1060 g/mol. The predicted octanol–water partition coefficient (Wildman–Crippen LogP) is 11.0. The number of pyridine rings is 1. The van der Waals surface area contributed by atoms with Gasteiger partial charge in [0.1, 0.15) is 33.2 Å². The molecule has 4 aliphatic rings. The van der Waals surface area contributed by atoms with Crippen LogP contribution in [-0.4, -0.2) is 56.8 Å². The fourth-order valence-corrected chi connectivity index (χ4v) is 12.0. The lowest BCUT2D eigenvalue weighted by atomic mass is 9.85. The molecule has 15 heteroatoms. The highest BCUT2D eigenvalue weighted by Crippen LogP contribution is 2.32. The minimum absolute atomic E-state index is 0.0557. The van der Waals surface area contributed by atoms with Crippen molar-refractivity contribution in [3.63, 3.8) is 0 Å². The van der Waals surface area contributed by atoms with E-state index in [-0.39, 0.29) is 22.1 Å². The van der Waals surface area contributed by atoms with E-state index in [1.165, 1.54) is 0 Å². The van der Waals surface area contributed by atoms with Crippen LogP contribution in [0.15, 0.2) is 104 Å². The van der Waals surface area contributed by atoms with Gasteiger partial charge in [-0.25, -0.2) is 29.9 Å². The van der Waals surface area contributed by atoms with E-state index in [4.69, 9.17) is 19.7 Å². The molecule has 0 radical (unpaired) electrons. The van der Waals surface area contributed by atoms with Gasteiger partial charge in [-0.3, -0.25) is 28.1 Å². The normalized spacial score (nSPS) is 18.5. The molecule has 6 aromatic heterocycles. The molecule has 13 rings (SSSR count). The monoisotopic (exact) mass is 1060 g/mol. The molecular formula is C62H61N9O4S2. The van der Waals surface area contributed by atoms with Gasteiger partial charge in [-0.2, -0.15) is 0 Å². The van der Waals surface area contributed by atoms with Crippen molar-refractivity contribution in [2.24, 2.45) is 23.2 Å². The average Bonchev–Trinajstić information content (AvgIpc) is 4.18. The van der Waals surface area contributed by atoms with Gasteiger partial charge in [-0.1, -0.05) is 57.0 Å². The molecule has 13 nitrogen and oxygen atoms in total. The van der Waals surface area contributed by atoms with Gasteiger partial charge >= 0.3 is 0 Å². The second kappa shape index (κ2) is 22.2. The molecule has 0 N–H and O–H groups in total. The van der Waals surface area contributed by atoms with Crippen molar-refractivity contribution < 1.29 is 4.74 Å². The van der Waals surface area contributed by atoms with Crippen molar-refractivity contribution in [2.45, 2.75) is 99.2 Å². The second-order valence-corrected chi connectivity index (χ2v) is 23.4. The van der Waals surface area contributed by atoms with Crippen molar-refractivity contribution >= 4 is 79.7 Å². The third kappa shape index (κ3) is 11.8. The molecule has 3 aromatic carbocycles. The molecular weight excluding hydrogens is 999 g/mol. The van der Waals surface area contributed by atoms with E-state index in [0.717, 1.165) is 156 Å². The zero-order valence-corrected chi connectivity index (χ0v) is 45.8. The zero-order valence-electron chi connectivity index (χ0n) is 44.2. The van der Waals surface area contributed by atoms with E-state index in [1.54, 1.807) is 28.9 Å². The van der Waals surface area contributed by atoms with Crippen LogP contribution in [-0.2, 0) is 43.6 Å². The van der Waals surface area contributed by atoms with Crippen LogP contribution >= 0.6 is 22.7 Å². The number of fused-ring (bicyclic) bond motifs is 7. The summed E-state index contributed by atoms with van der Waals surface area (Å²) in [4.78, 5) is 66.2. The quantitative estimate of drug-likeness (QED) is 0.156. The first-order valence-electron chi connectivity index (χ1n) is 26.6. The summed E-state index contributed by atoms with van der Waals surface area (Å²) in [6, 6.07) is 23.0. The van der Waals surface area contributed by atoms with Gasteiger partial charge in [0.15, 0.2) is 0 Å². The minimum atomic E-state index is 0.0557. The molecule has 0 aliphatic carbocycles. The molecule has 1 fully saturated rings. The van der Waals surface area contributed by atoms with Crippen LogP contribution < -0.4 is 16.7 Å². The zero-order chi connectivity index (χ0) is 53.2. The van der Waals surface area contributed by atoms with Crippen molar-refractivity contribution in [1.82, 2.24) is 43.6 Å². The Hall–Kier alpha value is -7.51. The van der Waals surface area contributed by atoms with Gasteiger partial charge in [0.25, 0.3) is 16.7 Å². The van der Waals surface area contributed by atoms with Gasteiger partial charge < -0.3 is 4.74 Å². The second-order valence-electron chi connectivity index (χ2n) is 21.6. The number of benzene rings is 3. The molecule has 390 valence electrons. The van der Waals surface area contributed by atoms with E-state index in [9.17, 15) is 14.4 Å². The summed E-state index contributed by atoms with van der Waals surface area (Å²) < 4.78 is 11.2. The Balaban J connectivity index is 0.000000123. The number of aryl methyl sites for hydroxylation is 4. The molecule has 9 aromatic rings. The van der Waals surface area contributed by atoms with Gasteiger partial charge in [0.05, 0.1) is 39.3 Å². The lowest BCUT2D eigenvalue weighted by Gasteiger charge is -2.31. The summed E-state index contributed by atoms with van der Waals surface area (Å²) in [5, 5.41) is 8.12. The van der Waals surface area contributed by atoms with Crippen LogP contribution in [0.1, 0.15) is 108 Å². The number of hydrogen-bond acceptors (Lipinski definition) is 12. The number of aromatic nitrogens is 9. The van der Waals surface area contributed by atoms with Crippen LogP contribution in [0, 0.1) is 48.9 Å². The SMILES string of the molecule is Cc1csc(/C=C/c2ccc3c(=O)n4c(nc3c2)CCC(C)(C)C4)n1.Cc1csc(/C=C/c2ccc3c(=O)n4c(nc3c2)CCC(C)CC4)n1.O=c1c2ccc(C#Cc3ccccn3)cc2nc2n1CC[C@H]1COC[C@H]1C2. The molecule has 0 spiro atoms. The Kier molecular flexibility index (Phi) is 14.9. The molecule has 3 atom stereocenters. The maximum atomic E-state index is 13.0. The molecule has 0 bridgehead atoms. The summed E-state index contributed by atoms with van der Waals surface area (Å²) in [6.45, 7) is 14.5. The molecule has 0 saturated carbocycles. The van der Waals surface area contributed by atoms with Crippen molar-refractivity contribution in [1.29, 1.82) is 0 Å². The van der Waals surface area contributed by atoms with Gasteiger partial charge in [-0.05, 0) is 146 Å². The van der Waals surface area contributed by atoms with Crippen molar-refractivity contribution in [3.05, 3.63) is 182 Å². The van der Waals surface area contributed by atoms with Gasteiger partial charge in [0.2, 0.25) is 0 Å². The molecule has 1 unspecified atom stereocenters. The van der Waals surface area contributed by atoms with E-state index in [0.29, 0.717) is 33.9 Å². The highest BCUT2D eigenvalue weighted by atomic mass is 32.1. The van der Waals surface area contributed by atoms with E-state index < -0.39 is 0 Å². The molecule has 77 heavy (non-hydrogen) atoms. The smallest absolute Gasteiger partial charge is 0.261 e. The first-order chi connectivity index (χ1) is 37.3. The van der Waals surface area contributed by atoms with E-state index in [2.05, 4.69) is 47.6 Å². The Morgan fingerprint density at radius 1 is 0.623 bits per heavy atom. The van der Waals surface area contributed by atoms with Crippen LogP contribution in [0.25, 0.3) is 57.0 Å². The molecule has 10 heterocycles. The van der Waals surface area contributed by atoms with Crippen molar-refractivity contribution in [3.8, 4) is 11.8 Å². The largest absolute Gasteiger partial charge is 0.381 e. The van der Waals surface area contributed by atoms with Crippen molar-refractivity contribution in [2.75, 3.05) is 13.2 Å². The van der Waals surface area contributed by atoms with Gasteiger partial charge in [-0.15, -0.1) is 22.7 Å². The fraction of sp³-hybridized carbons (Fsp3) is 0.339. The minimum Gasteiger partial charge on any atom is -0.381 e. The van der Waals surface area contributed by atoms with E-state index in [1.807, 2.05) is 135 Å². The summed E-state index contributed by atoms with van der Waals surface area (Å²) in [5.74, 6) is 10.5. The van der Waals surface area contributed by atoms with E-state index >= 15 is 0 Å².